The Hall–Kier alpha value is -2.35. The number of aryl methyl sites for hydroxylation is 1. The Bertz CT molecular complexity index is 964. The third kappa shape index (κ3) is 1.92. The molecule has 1 aromatic heterocycles. The molecule has 4 rings (SSSR count). The van der Waals surface area contributed by atoms with Crippen LogP contribution in [0.15, 0.2) is 15.7 Å². The van der Waals surface area contributed by atoms with Crippen LogP contribution in [-0.4, -0.2) is 28.4 Å². The first-order chi connectivity index (χ1) is 11.4. The predicted octanol–water partition coefficient (Wildman–Crippen LogP) is 0.0607. The standard InChI is InChI=1S/C16H20FN5O2/c1-8-2-3-10-13-11(15(23)22(19)16(24)21(8)13)6-12(17)14(10)20-5-4-9(18)7-20/h6,8-9H,2-5,7,18-19H2,1H3. The molecule has 1 saturated heterocycles. The van der Waals surface area contributed by atoms with Gasteiger partial charge in [-0.3, -0.25) is 9.36 Å². The minimum atomic E-state index is -0.662. The molecule has 1 aromatic carbocycles. The smallest absolute Gasteiger partial charge is 0.350 e. The number of benzene rings is 1. The number of hydrogen-bond acceptors (Lipinski definition) is 5. The van der Waals surface area contributed by atoms with Crippen molar-refractivity contribution >= 4 is 16.6 Å². The molecule has 0 saturated carbocycles. The zero-order valence-corrected chi connectivity index (χ0v) is 13.5. The summed E-state index contributed by atoms with van der Waals surface area (Å²) in [6.07, 6.45) is 2.10. The molecule has 2 aliphatic heterocycles. The van der Waals surface area contributed by atoms with Crippen LogP contribution in [0.25, 0.3) is 10.9 Å². The lowest BCUT2D eigenvalue weighted by molar-refractivity contribution is 0.468. The van der Waals surface area contributed by atoms with Crippen LogP contribution >= 0.6 is 0 Å². The topological polar surface area (TPSA) is 99.3 Å². The number of nitrogens with two attached hydrogens (primary N) is 2. The Morgan fingerprint density at radius 3 is 2.71 bits per heavy atom. The fraction of sp³-hybridized carbons (Fsp3) is 0.500. The van der Waals surface area contributed by atoms with Crippen molar-refractivity contribution in [3.05, 3.63) is 38.3 Å². The Morgan fingerprint density at radius 1 is 1.29 bits per heavy atom. The highest BCUT2D eigenvalue weighted by atomic mass is 19.1. The molecule has 0 spiro atoms. The monoisotopic (exact) mass is 333 g/mol. The van der Waals surface area contributed by atoms with E-state index in [4.69, 9.17) is 11.6 Å². The van der Waals surface area contributed by atoms with E-state index >= 15 is 0 Å². The SMILES string of the molecule is CC1CCc2c(N3CCC(N)C3)c(F)cc3c(=O)n(N)c(=O)n1c23. The zero-order valence-electron chi connectivity index (χ0n) is 13.5. The normalized spacial score (nSPS) is 23.2. The molecule has 0 aliphatic carbocycles. The second kappa shape index (κ2) is 5.07. The number of aromatic nitrogens is 2. The summed E-state index contributed by atoms with van der Waals surface area (Å²) in [7, 11) is 0. The van der Waals surface area contributed by atoms with Crippen LogP contribution < -0.4 is 27.7 Å². The molecule has 4 N–H and O–H groups in total. The number of rotatable bonds is 1. The second-order valence-corrected chi connectivity index (χ2v) is 6.79. The van der Waals surface area contributed by atoms with Crippen molar-refractivity contribution in [3.8, 4) is 0 Å². The molecule has 7 nitrogen and oxygen atoms in total. The molecule has 128 valence electrons. The lowest BCUT2D eigenvalue weighted by Gasteiger charge is -2.30. The van der Waals surface area contributed by atoms with Crippen LogP contribution in [-0.2, 0) is 6.42 Å². The van der Waals surface area contributed by atoms with Crippen molar-refractivity contribution in [1.29, 1.82) is 0 Å². The van der Waals surface area contributed by atoms with Gasteiger partial charge in [0, 0.05) is 30.7 Å². The molecule has 2 aliphatic rings. The molecule has 24 heavy (non-hydrogen) atoms. The van der Waals surface area contributed by atoms with Gasteiger partial charge in [-0.2, -0.15) is 4.68 Å². The molecule has 0 bridgehead atoms. The van der Waals surface area contributed by atoms with E-state index in [-0.39, 0.29) is 17.5 Å². The molecule has 8 heteroatoms. The van der Waals surface area contributed by atoms with Crippen LogP contribution in [0.4, 0.5) is 10.1 Å². The zero-order chi connectivity index (χ0) is 17.2. The second-order valence-electron chi connectivity index (χ2n) is 6.79. The largest absolute Gasteiger partial charge is 0.367 e. The van der Waals surface area contributed by atoms with Crippen molar-refractivity contribution in [2.45, 2.75) is 38.3 Å². The minimum Gasteiger partial charge on any atom is -0.367 e. The minimum absolute atomic E-state index is 0.00838. The third-order valence-corrected chi connectivity index (χ3v) is 5.22. The quantitative estimate of drug-likeness (QED) is 0.719. The van der Waals surface area contributed by atoms with E-state index in [1.165, 1.54) is 10.6 Å². The van der Waals surface area contributed by atoms with Crippen molar-refractivity contribution in [2.75, 3.05) is 23.8 Å². The molecule has 2 unspecified atom stereocenters. The van der Waals surface area contributed by atoms with Crippen LogP contribution in [0.2, 0.25) is 0 Å². The van der Waals surface area contributed by atoms with Gasteiger partial charge in [0.05, 0.1) is 16.6 Å². The van der Waals surface area contributed by atoms with E-state index in [1.54, 1.807) is 0 Å². The molecule has 1 fully saturated rings. The van der Waals surface area contributed by atoms with Gasteiger partial charge in [0.1, 0.15) is 5.82 Å². The molecule has 2 atom stereocenters. The molecular formula is C16H20FN5O2. The van der Waals surface area contributed by atoms with E-state index in [0.29, 0.717) is 47.4 Å². The van der Waals surface area contributed by atoms with Crippen molar-refractivity contribution in [1.82, 2.24) is 9.24 Å². The van der Waals surface area contributed by atoms with Crippen LogP contribution in [0.5, 0.6) is 0 Å². The van der Waals surface area contributed by atoms with Gasteiger partial charge in [-0.1, -0.05) is 0 Å². The average Bonchev–Trinajstić information content (AvgIpc) is 2.97. The van der Waals surface area contributed by atoms with Crippen LogP contribution in [0.3, 0.4) is 0 Å². The van der Waals surface area contributed by atoms with Crippen molar-refractivity contribution < 1.29 is 4.39 Å². The highest BCUT2D eigenvalue weighted by Crippen LogP contribution is 2.37. The van der Waals surface area contributed by atoms with Crippen LogP contribution in [0, 0.1) is 5.82 Å². The van der Waals surface area contributed by atoms with Crippen molar-refractivity contribution in [2.24, 2.45) is 5.73 Å². The summed E-state index contributed by atoms with van der Waals surface area (Å²) in [5, 5.41) is 0.156. The Labute approximate surface area is 137 Å². The Morgan fingerprint density at radius 2 is 2.04 bits per heavy atom. The highest BCUT2D eigenvalue weighted by Gasteiger charge is 2.31. The lowest BCUT2D eigenvalue weighted by atomic mass is 9.95. The number of nitrogens with zero attached hydrogens (tertiary/aromatic N) is 3. The summed E-state index contributed by atoms with van der Waals surface area (Å²) in [6, 6.07) is 1.12. The Balaban J connectivity index is 2.12. The van der Waals surface area contributed by atoms with Crippen molar-refractivity contribution in [3.63, 3.8) is 0 Å². The fourth-order valence-corrected chi connectivity index (χ4v) is 4.01. The van der Waals surface area contributed by atoms with E-state index in [9.17, 15) is 14.0 Å². The van der Waals surface area contributed by atoms with E-state index < -0.39 is 17.1 Å². The number of anilines is 1. The summed E-state index contributed by atoms with van der Waals surface area (Å²) < 4.78 is 16.9. The first kappa shape index (κ1) is 15.2. The number of nitrogen functional groups attached to an aromatic ring is 1. The van der Waals surface area contributed by atoms with Gasteiger partial charge in [-0.05, 0) is 32.3 Å². The summed E-state index contributed by atoms with van der Waals surface area (Å²) in [5.41, 5.74) is 6.45. The van der Waals surface area contributed by atoms with Gasteiger partial charge in [0.2, 0.25) is 0 Å². The maximum atomic E-state index is 14.9. The van der Waals surface area contributed by atoms with Gasteiger partial charge in [-0.15, -0.1) is 0 Å². The van der Waals surface area contributed by atoms with Gasteiger partial charge >= 0.3 is 5.69 Å². The predicted molar refractivity (Wildman–Crippen MR) is 90.4 cm³/mol. The van der Waals surface area contributed by atoms with E-state index in [0.717, 1.165) is 6.42 Å². The first-order valence-electron chi connectivity index (χ1n) is 8.18. The molecule has 0 amide bonds. The molecular weight excluding hydrogens is 313 g/mol. The maximum absolute atomic E-state index is 14.9. The number of halogens is 1. The molecule has 2 aromatic rings. The Kier molecular flexibility index (Phi) is 3.21. The summed E-state index contributed by atoms with van der Waals surface area (Å²) in [6.45, 7) is 3.15. The van der Waals surface area contributed by atoms with Gasteiger partial charge in [0.25, 0.3) is 5.56 Å². The third-order valence-electron chi connectivity index (χ3n) is 5.22. The van der Waals surface area contributed by atoms with E-state index in [2.05, 4.69) is 0 Å². The summed E-state index contributed by atoms with van der Waals surface area (Å²) in [5.74, 6) is 5.16. The van der Waals surface area contributed by atoms with Gasteiger partial charge in [0.15, 0.2) is 0 Å². The maximum Gasteiger partial charge on any atom is 0.350 e. The van der Waals surface area contributed by atoms with Gasteiger partial charge < -0.3 is 16.5 Å². The first-order valence-corrected chi connectivity index (χ1v) is 8.18. The highest BCUT2D eigenvalue weighted by molar-refractivity contribution is 5.88. The van der Waals surface area contributed by atoms with E-state index in [1.807, 2.05) is 11.8 Å². The molecule has 3 heterocycles. The summed E-state index contributed by atoms with van der Waals surface area (Å²) >= 11 is 0. The lowest BCUT2D eigenvalue weighted by Crippen LogP contribution is -2.46. The number of hydrogen-bond donors (Lipinski definition) is 2. The van der Waals surface area contributed by atoms with Gasteiger partial charge in [-0.25, -0.2) is 9.18 Å². The molecule has 0 radical (unpaired) electrons. The summed E-state index contributed by atoms with van der Waals surface area (Å²) in [4.78, 5) is 26.8. The fourth-order valence-electron chi connectivity index (χ4n) is 4.01. The van der Waals surface area contributed by atoms with Crippen LogP contribution in [0.1, 0.15) is 31.4 Å². The average molecular weight is 333 g/mol.